The van der Waals surface area contributed by atoms with Crippen LogP contribution in [0.1, 0.15) is 24.2 Å². The highest BCUT2D eigenvalue weighted by atomic mass is 19.1. The third-order valence-electron chi connectivity index (χ3n) is 2.91. The molecule has 0 aromatic heterocycles. The van der Waals surface area contributed by atoms with Crippen LogP contribution in [0.15, 0.2) is 24.3 Å². The van der Waals surface area contributed by atoms with E-state index in [0.29, 0.717) is 13.1 Å². The van der Waals surface area contributed by atoms with E-state index in [1.807, 2.05) is 13.8 Å². The van der Waals surface area contributed by atoms with E-state index < -0.39 is 5.82 Å². The molecule has 0 aliphatic heterocycles. The van der Waals surface area contributed by atoms with Gasteiger partial charge in [-0.1, -0.05) is 6.07 Å². The lowest BCUT2D eigenvalue weighted by Crippen LogP contribution is -2.41. The van der Waals surface area contributed by atoms with Gasteiger partial charge in [-0.15, -0.1) is 0 Å². The molecule has 5 heteroatoms. The molecule has 4 nitrogen and oxygen atoms in total. The summed E-state index contributed by atoms with van der Waals surface area (Å²) >= 11 is 0. The Morgan fingerprint density at radius 2 is 1.84 bits per heavy atom. The SMILES string of the molecule is CCN(CC)C(=O)CN(C)C(=O)c1cccc(F)c1. The molecule has 1 rings (SSSR count). The maximum absolute atomic E-state index is 13.0. The Morgan fingerprint density at radius 3 is 2.37 bits per heavy atom. The van der Waals surface area contributed by atoms with Crippen LogP contribution in [0, 0.1) is 5.82 Å². The third-order valence-corrected chi connectivity index (χ3v) is 2.91. The summed E-state index contributed by atoms with van der Waals surface area (Å²) in [7, 11) is 1.54. The zero-order chi connectivity index (χ0) is 14.4. The summed E-state index contributed by atoms with van der Waals surface area (Å²) in [6, 6.07) is 5.45. The molecule has 0 fully saturated rings. The highest BCUT2D eigenvalue weighted by molar-refractivity contribution is 5.96. The van der Waals surface area contributed by atoms with Crippen molar-refractivity contribution < 1.29 is 14.0 Å². The first-order valence-electron chi connectivity index (χ1n) is 6.28. The predicted molar refractivity (Wildman–Crippen MR) is 71.3 cm³/mol. The Morgan fingerprint density at radius 1 is 1.21 bits per heavy atom. The number of carbonyl (C=O) groups excluding carboxylic acids is 2. The van der Waals surface area contributed by atoms with Crippen LogP contribution in [-0.2, 0) is 4.79 Å². The Labute approximate surface area is 112 Å². The number of nitrogens with zero attached hydrogens (tertiary/aromatic N) is 2. The molecule has 0 saturated heterocycles. The van der Waals surface area contributed by atoms with Crippen LogP contribution >= 0.6 is 0 Å². The molecule has 0 atom stereocenters. The van der Waals surface area contributed by atoms with Crippen LogP contribution in [0.3, 0.4) is 0 Å². The van der Waals surface area contributed by atoms with Crippen LogP contribution in [0.5, 0.6) is 0 Å². The molecule has 0 aliphatic carbocycles. The lowest BCUT2D eigenvalue weighted by molar-refractivity contribution is -0.131. The van der Waals surface area contributed by atoms with E-state index in [1.165, 1.54) is 36.2 Å². The third kappa shape index (κ3) is 4.05. The highest BCUT2D eigenvalue weighted by Crippen LogP contribution is 2.06. The number of benzene rings is 1. The molecule has 0 bridgehead atoms. The summed E-state index contributed by atoms with van der Waals surface area (Å²) in [4.78, 5) is 26.8. The van der Waals surface area contributed by atoms with Gasteiger partial charge in [-0.25, -0.2) is 4.39 Å². The van der Waals surface area contributed by atoms with E-state index in [4.69, 9.17) is 0 Å². The minimum atomic E-state index is -0.464. The van der Waals surface area contributed by atoms with E-state index in [1.54, 1.807) is 4.90 Å². The maximum Gasteiger partial charge on any atom is 0.254 e. The molecule has 0 heterocycles. The summed E-state index contributed by atoms with van der Waals surface area (Å²) in [6.45, 7) is 4.98. The Hall–Kier alpha value is -1.91. The van der Waals surface area contributed by atoms with E-state index in [2.05, 4.69) is 0 Å². The van der Waals surface area contributed by atoms with Gasteiger partial charge in [-0.3, -0.25) is 9.59 Å². The summed E-state index contributed by atoms with van der Waals surface area (Å²) in [5, 5.41) is 0. The maximum atomic E-state index is 13.0. The largest absolute Gasteiger partial charge is 0.342 e. The number of amides is 2. The van der Waals surface area contributed by atoms with Gasteiger partial charge in [0.1, 0.15) is 5.82 Å². The van der Waals surface area contributed by atoms with Crippen LogP contribution in [-0.4, -0.2) is 48.3 Å². The molecule has 0 unspecified atom stereocenters. The Kier molecular flexibility index (Phi) is 5.48. The van der Waals surface area contributed by atoms with Gasteiger partial charge in [-0.05, 0) is 32.0 Å². The highest BCUT2D eigenvalue weighted by Gasteiger charge is 2.17. The van der Waals surface area contributed by atoms with Crippen LogP contribution < -0.4 is 0 Å². The lowest BCUT2D eigenvalue weighted by atomic mass is 10.2. The first kappa shape index (κ1) is 15.1. The van der Waals surface area contributed by atoms with Gasteiger partial charge in [-0.2, -0.15) is 0 Å². The molecule has 0 radical (unpaired) electrons. The second-order valence-corrected chi connectivity index (χ2v) is 4.24. The second kappa shape index (κ2) is 6.87. The molecule has 19 heavy (non-hydrogen) atoms. The van der Waals surface area contributed by atoms with Crippen LogP contribution in [0.25, 0.3) is 0 Å². The number of hydrogen-bond acceptors (Lipinski definition) is 2. The van der Waals surface area contributed by atoms with Crippen molar-refractivity contribution in [1.82, 2.24) is 9.80 Å². The van der Waals surface area contributed by atoms with Gasteiger partial charge in [0.15, 0.2) is 0 Å². The molecule has 0 aliphatic rings. The molecule has 0 N–H and O–H groups in total. The zero-order valence-electron chi connectivity index (χ0n) is 11.5. The van der Waals surface area contributed by atoms with Crippen molar-refractivity contribution in [3.8, 4) is 0 Å². The summed E-state index contributed by atoms with van der Waals surface area (Å²) in [6.07, 6.45) is 0. The van der Waals surface area contributed by atoms with Gasteiger partial charge in [0, 0.05) is 25.7 Å². The van der Waals surface area contributed by atoms with Crippen molar-refractivity contribution >= 4 is 11.8 Å². The minimum absolute atomic E-state index is 0.00295. The van der Waals surface area contributed by atoms with E-state index in [0.717, 1.165) is 0 Å². The van der Waals surface area contributed by atoms with Gasteiger partial charge < -0.3 is 9.80 Å². The average Bonchev–Trinajstić information content (AvgIpc) is 2.39. The van der Waals surface area contributed by atoms with Crippen molar-refractivity contribution in [2.24, 2.45) is 0 Å². The molecule has 0 saturated carbocycles. The van der Waals surface area contributed by atoms with Crippen molar-refractivity contribution in [3.63, 3.8) is 0 Å². The molecular formula is C14H19FN2O2. The fraction of sp³-hybridized carbons (Fsp3) is 0.429. The number of halogens is 1. The second-order valence-electron chi connectivity index (χ2n) is 4.24. The molecule has 1 aromatic carbocycles. The van der Waals surface area contributed by atoms with E-state index >= 15 is 0 Å². The van der Waals surface area contributed by atoms with Gasteiger partial charge in [0.05, 0.1) is 6.54 Å². The average molecular weight is 266 g/mol. The number of likely N-dealkylation sites (N-methyl/N-ethyl adjacent to an activating group) is 2. The van der Waals surface area contributed by atoms with Crippen molar-refractivity contribution in [3.05, 3.63) is 35.6 Å². The van der Waals surface area contributed by atoms with Gasteiger partial charge in [0.25, 0.3) is 5.91 Å². The predicted octanol–water partition coefficient (Wildman–Crippen LogP) is 1.77. The minimum Gasteiger partial charge on any atom is -0.342 e. The quantitative estimate of drug-likeness (QED) is 0.815. The van der Waals surface area contributed by atoms with Crippen LogP contribution in [0.2, 0.25) is 0 Å². The molecular weight excluding hydrogens is 247 g/mol. The molecule has 1 aromatic rings. The zero-order valence-corrected chi connectivity index (χ0v) is 11.5. The molecule has 104 valence electrons. The number of carbonyl (C=O) groups is 2. The first-order chi connectivity index (χ1) is 8.99. The molecule has 0 spiro atoms. The Balaban J connectivity index is 2.70. The fourth-order valence-corrected chi connectivity index (χ4v) is 1.79. The number of rotatable bonds is 5. The fourth-order valence-electron chi connectivity index (χ4n) is 1.79. The van der Waals surface area contributed by atoms with Gasteiger partial charge >= 0.3 is 0 Å². The lowest BCUT2D eigenvalue weighted by Gasteiger charge is -2.23. The van der Waals surface area contributed by atoms with Crippen molar-refractivity contribution in [1.29, 1.82) is 0 Å². The number of hydrogen-bond donors (Lipinski definition) is 0. The Bertz CT molecular complexity index is 459. The van der Waals surface area contributed by atoms with Crippen molar-refractivity contribution in [2.45, 2.75) is 13.8 Å². The van der Waals surface area contributed by atoms with E-state index in [9.17, 15) is 14.0 Å². The van der Waals surface area contributed by atoms with E-state index in [-0.39, 0.29) is 23.9 Å². The normalized spacial score (nSPS) is 10.1. The molecule has 2 amide bonds. The standard InChI is InChI=1S/C14H19FN2O2/c1-4-17(5-2)13(18)10-16(3)14(19)11-7-6-8-12(15)9-11/h6-9H,4-5,10H2,1-3H3. The summed E-state index contributed by atoms with van der Waals surface area (Å²) in [5.41, 5.74) is 0.245. The van der Waals surface area contributed by atoms with Crippen molar-refractivity contribution in [2.75, 3.05) is 26.7 Å². The monoisotopic (exact) mass is 266 g/mol. The summed E-state index contributed by atoms with van der Waals surface area (Å²) < 4.78 is 13.0. The van der Waals surface area contributed by atoms with Gasteiger partial charge in [0.2, 0.25) is 5.91 Å². The summed E-state index contributed by atoms with van der Waals surface area (Å²) in [5.74, 6) is -0.938. The topological polar surface area (TPSA) is 40.6 Å². The smallest absolute Gasteiger partial charge is 0.254 e. The first-order valence-corrected chi connectivity index (χ1v) is 6.28. The van der Waals surface area contributed by atoms with Crippen LogP contribution in [0.4, 0.5) is 4.39 Å².